The number of carbonyl (C=O) groups excluding carboxylic acids is 1. The highest BCUT2D eigenvalue weighted by Gasteiger charge is 2.11. The van der Waals surface area contributed by atoms with E-state index in [9.17, 15) is 4.79 Å². The number of benzene rings is 2. The van der Waals surface area contributed by atoms with E-state index < -0.39 is 0 Å². The summed E-state index contributed by atoms with van der Waals surface area (Å²) in [7, 11) is 1.61. The number of hydrogen-bond donors (Lipinski definition) is 1. The van der Waals surface area contributed by atoms with E-state index in [1.807, 2.05) is 48.5 Å². The lowest BCUT2D eigenvalue weighted by Gasteiger charge is -2.05. The summed E-state index contributed by atoms with van der Waals surface area (Å²) in [4.78, 5) is 12.2. The minimum atomic E-state index is -0.277. The minimum absolute atomic E-state index is 0.264. The van der Waals surface area contributed by atoms with Crippen LogP contribution in [0.3, 0.4) is 0 Å². The van der Waals surface area contributed by atoms with E-state index in [-0.39, 0.29) is 11.6 Å². The zero-order valence-corrected chi connectivity index (χ0v) is 14.4. The summed E-state index contributed by atoms with van der Waals surface area (Å²) in [5.41, 5.74) is 2.15. The first-order valence-corrected chi connectivity index (χ1v) is 8.08. The fourth-order valence-electron chi connectivity index (χ4n) is 2.30. The summed E-state index contributed by atoms with van der Waals surface area (Å²) >= 11 is 6.13. The Morgan fingerprint density at radius 2 is 1.96 bits per heavy atom. The van der Waals surface area contributed by atoms with E-state index in [0.717, 1.165) is 16.9 Å². The number of carbonyl (C=O) groups is 1. The molecular formula is C18H17ClN4O2. The molecule has 1 amide bonds. The Balaban J connectivity index is 1.59. The summed E-state index contributed by atoms with van der Waals surface area (Å²) in [5.74, 6) is 0.499. The fourth-order valence-corrected chi connectivity index (χ4v) is 2.49. The number of hydrogen-bond acceptors (Lipinski definition) is 4. The Kier molecular flexibility index (Phi) is 5.30. The first-order valence-electron chi connectivity index (χ1n) is 7.70. The maximum absolute atomic E-state index is 12.2. The van der Waals surface area contributed by atoms with Crippen LogP contribution in [0.2, 0.25) is 5.02 Å². The van der Waals surface area contributed by atoms with E-state index in [4.69, 9.17) is 16.3 Å². The van der Waals surface area contributed by atoms with Gasteiger partial charge in [-0.3, -0.25) is 4.79 Å². The van der Waals surface area contributed by atoms with Crippen molar-refractivity contribution < 1.29 is 9.53 Å². The molecule has 0 aliphatic carbocycles. The van der Waals surface area contributed by atoms with Crippen LogP contribution in [0.4, 0.5) is 0 Å². The van der Waals surface area contributed by atoms with Gasteiger partial charge in [-0.25, -0.2) is 4.68 Å². The molecule has 6 nitrogen and oxygen atoms in total. The lowest BCUT2D eigenvalue weighted by Crippen LogP contribution is -2.23. The van der Waals surface area contributed by atoms with Crippen molar-refractivity contribution in [2.24, 2.45) is 0 Å². The molecule has 0 bridgehead atoms. The molecule has 0 saturated heterocycles. The number of nitrogens with zero attached hydrogens (tertiary/aromatic N) is 3. The Labute approximate surface area is 150 Å². The molecule has 0 spiro atoms. The van der Waals surface area contributed by atoms with Gasteiger partial charge in [0.05, 0.1) is 19.9 Å². The molecule has 0 fully saturated rings. The van der Waals surface area contributed by atoms with E-state index in [1.54, 1.807) is 18.0 Å². The van der Waals surface area contributed by atoms with Crippen LogP contribution in [-0.2, 0) is 13.1 Å². The standard InChI is InChI=1S/C18H17ClN4O2/c1-25-15-8-6-13(7-9-15)10-20-18(24)17-12-23(22-21-17)11-14-4-2-3-5-16(14)19/h2-9,12H,10-11H2,1H3,(H,20,24). The highest BCUT2D eigenvalue weighted by molar-refractivity contribution is 6.31. The molecule has 0 aliphatic heterocycles. The van der Waals surface area contributed by atoms with Crippen molar-refractivity contribution >= 4 is 17.5 Å². The van der Waals surface area contributed by atoms with Crippen LogP contribution in [0.1, 0.15) is 21.6 Å². The van der Waals surface area contributed by atoms with Crippen molar-refractivity contribution in [2.45, 2.75) is 13.1 Å². The topological polar surface area (TPSA) is 69.0 Å². The number of rotatable bonds is 6. The van der Waals surface area contributed by atoms with Gasteiger partial charge in [-0.2, -0.15) is 0 Å². The summed E-state index contributed by atoms with van der Waals surface area (Å²) < 4.78 is 6.69. The van der Waals surface area contributed by atoms with Gasteiger partial charge in [0.25, 0.3) is 5.91 Å². The number of methoxy groups -OCH3 is 1. The van der Waals surface area contributed by atoms with Gasteiger partial charge in [-0.1, -0.05) is 47.1 Å². The van der Waals surface area contributed by atoms with Gasteiger partial charge in [0, 0.05) is 11.6 Å². The van der Waals surface area contributed by atoms with E-state index in [1.165, 1.54) is 0 Å². The normalized spacial score (nSPS) is 10.5. The summed E-state index contributed by atoms with van der Waals surface area (Å²) in [6.45, 7) is 0.860. The number of ether oxygens (including phenoxy) is 1. The second-order valence-electron chi connectivity index (χ2n) is 5.42. The van der Waals surface area contributed by atoms with Crippen LogP contribution in [0, 0.1) is 0 Å². The van der Waals surface area contributed by atoms with Crippen molar-refractivity contribution in [3.05, 3.63) is 76.6 Å². The SMILES string of the molecule is COc1ccc(CNC(=O)c2cn(Cc3ccccc3Cl)nn2)cc1. The largest absolute Gasteiger partial charge is 0.497 e. The lowest BCUT2D eigenvalue weighted by atomic mass is 10.2. The predicted molar refractivity (Wildman–Crippen MR) is 94.7 cm³/mol. The first-order chi connectivity index (χ1) is 12.2. The molecule has 7 heteroatoms. The molecule has 25 heavy (non-hydrogen) atoms. The molecule has 3 rings (SSSR count). The molecule has 0 radical (unpaired) electrons. The third kappa shape index (κ3) is 4.36. The van der Waals surface area contributed by atoms with E-state index >= 15 is 0 Å². The third-order valence-corrected chi connectivity index (χ3v) is 4.04. The molecule has 1 N–H and O–H groups in total. The second-order valence-corrected chi connectivity index (χ2v) is 5.83. The molecule has 1 heterocycles. The van der Waals surface area contributed by atoms with E-state index in [2.05, 4.69) is 15.6 Å². The Morgan fingerprint density at radius 3 is 2.68 bits per heavy atom. The van der Waals surface area contributed by atoms with Crippen LogP contribution >= 0.6 is 11.6 Å². The zero-order valence-electron chi connectivity index (χ0n) is 13.6. The first kappa shape index (κ1) is 17.0. The molecule has 0 atom stereocenters. The van der Waals surface area contributed by atoms with Crippen molar-refractivity contribution in [3.8, 4) is 5.75 Å². The third-order valence-electron chi connectivity index (χ3n) is 3.67. The lowest BCUT2D eigenvalue weighted by molar-refractivity contribution is 0.0946. The average molecular weight is 357 g/mol. The quantitative estimate of drug-likeness (QED) is 0.737. The van der Waals surface area contributed by atoms with Crippen molar-refractivity contribution in [3.63, 3.8) is 0 Å². The maximum Gasteiger partial charge on any atom is 0.273 e. The van der Waals surface area contributed by atoms with Crippen LogP contribution in [0.15, 0.2) is 54.7 Å². The fraction of sp³-hybridized carbons (Fsp3) is 0.167. The predicted octanol–water partition coefficient (Wildman–Crippen LogP) is 2.92. The zero-order chi connectivity index (χ0) is 17.6. The van der Waals surface area contributed by atoms with Gasteiger partial charge >= 0.3 is 0 Å². The molecule has 0 unspecified atom stereocenters. The van der Waals surface area contributed by atoms with Crippen LogP contribution in [-0.4, -0.2) is 28.0 Å². The smallest absolute Gasteiger partial charge is 0.273 e. The Bertz CT molecular complexity index is 862. The van der Waals surface area contributed by atoms with Gasteiger partial charge in [-0.15, -0.1) is 5.10 Å². The molecule has 3 aromatic rings. The number of amides is 1. The molecule has 0 saturated carbocycles. The van der Waals surface area contributed by atoms with Crippen molar-refractivity contribution in [1.29, 1.82) is 0 Å². The van der Waals surface area contributed by atoms with Crippen molar-refractivity contribution in [1.82, 2.24) is 20.3 Å². The van der Waals surface area contributed by atoms with Gasteiger partial charge in [-0.05, 0) is 29.3 Å². The van der Waals surface area contributed by atoms with Gasteiger partial charge in [0.2, 0.25) is 0 Å². The summed E-state index contributed by atoms with van der Waals surface area (Å²) in [5, 5.41) is 11.4. The van der Waals surface area contributed by atoms with E-state index in [0.29, 0.717) is 18.1 Å². The molecular weight excluding hydrogens is 340 g/mol. The number of aromatic nitrogens is 3. The highest BCUT2D eigenvalue weighted by Crippen LogP contribution is 2.16. The Morgan fingerprint density at radius 1 is 1.20 bits per heavy atom. The molecule has 1 aromatic heterocycles. The van der Waals surface area contributed by atoms with Gasteiger partial charge in [0.15, 0.2) is 5.69 Å². The monoisotopic (exact) mass is 356 g/mol. The molecule has 2 aromatic carbocycles. The second kappa shape index (κ2) is 7.81. The summed E-state index contributed by atoms with van der Waals surface area (Å²) in [6, 6.07) is 15.0. The maximum atomic E-state index is 12.2. The molecule has 0 aliphatic rings. The summed E-state index contributed by atoms with van der Waals surface area (Å²) in [6.07, 6.45) is 1.60. The minimum Gasteiger partial charge on any atom is -0.497 e. The van der Waals surface area contributed by atoms with Crippen LogP contribution in [0.5, 0.6) is 5.75 Å². The van der Waals surface area contributed by atoms with Crippen molar-refractivity contribution in [2.75, 3.05) is 7.11 Å². The van der Waals surface area contributed by atoms with Crippen LogP contribution < -0.4 is 10.1 Å². The van der Waals surface area contributed by atoms with Gasteiger partial charge in [0.1, 0.15) is 5.75 Å². The average Bonchev–Trinajstić information content (AvgIpc) is 3.11. The van der Waals surface area contributed by atoms with Gasteiger partial charge < -0.3 is 10.1 Å². The Hall–Kier alpha value is -2.86. The highest BCUT2D eigenvalue weighted by atomic mass is 35.5. The van der Waals surface area contributed by atoms with Crippen LogP contribution in [0.25, 0.3) is 0 Å². The number of nitrogens with one attached hydrogen (secondary N) is 1. The number of halogens is 1. The molecule has 128 valence electrons.